The molecule has 5 heteroatoms. The van der Waals surface area contributed by atoms with E-state index < -0.39 is 17.4 Å². The number of hydrogen-bond acceptors (Lipinski definition) is 3. The predicted octanol–water partition coefficient (Wildman–Crippen LogP) is 0.409. The van der Waals surface area contributed by atoms with Crippen LogP contribution in [-0.4, -0.2) is 35.7 Å². The molecule has 1 aliphatic rings. The molecular weight excluding hydrogens is 186 g/mol. The normalized spacial score (nSPS) is 23.5. The Balaban J connectivity index is 2.67. The van der Waals surface area contributed by atoms with Crippen LogP contribution in [0, 0.1) is 12.3 Å². The molecule has 1 saturated heterocycles. The molecular formula is C9H13NO4. The van der Waals surface area contributed by atoms with E-state index in [1.807, 2.05) is 0 Å². The zero-order valence-corrected chi connectivity index (χ0v) is 8.16. The molecule has 0 bridgehead atoms. The summed E-state index contributed by atoms with van der Waals surface area (Å²) >= 11 is 0. The lowest BCUT2D eigenvalue weighted by Gasteiger charge is -2.40. The number of rotatable bonds is 1. The van der Waals surface area contributed by atoms with Crippen molar-refractivity contribution in [2.75, 3.05) is 13.2 Å². The zero-order valence-electron chi connectivity index (χ0n) is 8.16. The monoisotopic (exact) mass is 199 g/mol. The number of carboxylic acid groups (broad SMARTS) is 1. The van der Waals surface area contributed by atoms with Crippen LogP contribution < -0.4 is 5.32 Å². The molecule has 1 heterocycles. The van der Waals surface area contributed by atoms with Crippen molar-refractivity contribution >= 4 is 6.09 Å². The van der Waals surface area contributed by atoms with Gasteiger partial charge in [-0.15, -0.1) is 6.42 Å². The van der Waals surface area contributed by atoms with Gasteiger partial charge in [-0.3, -0.25) is 0 Å². The minimum atomic E-state index is -1.19. The Bertz CT molecular complexity index is 269. The maximum atomic E-state index is 10.5. The van der Waals surface area contributed by atoms with Crippen LogP contribution in [0.15, 0.2) is 0 Å². The second-order valence-corrected chi connectivity index (χ2v) is 3.63. The summed E-state index contributed by atoms with van der Waals surface area (Å²) in [6.07, 6.45) is 4.05. The van der Waals surface area contributed by atoms with E-state index in [1.54, 1.807) is 13.8 Å². The van der Waals surface area contributed by atoms with Crippen LogP contribution in [0.3, 0.4) is 0 Å². The van der Waals surface area contributed by atoms with Gasteiger partial charge in [0.2, 0.25) is 0 Å². The smallest absolute Gasteiger partial charge is 0.406 e. The summed E-state index contributed by atoms with van der Waals surface area (Å²) in [6.45, 7) is 3.72. The van der Waals surface area contributed by atoms with Crippen LogP contribution in [0.4, 0.5) is 4.79 Å². The fourth-order valence-electron chi connectivity index (χ4n) is 1.07. The molecule has 0 aliphatic carbocycles. The molecule has 0 atom stereocenters. The highest BCUT2D eigenvalue weighted by Crippen LogP contribution is 2.22. The standard InChI is InChI=1S/C9H13NO4/c1-4-9(10-7(11)12)5-13-8(2,3)14-6-9/h1,10H,5-6H2,2-3H3,(H,11,12). The van der Waals surface area contributed by atoms with E-state index in [-0.39, 0.29) is 13.2 Å². The summed E-state index contributed by atoms with van der Waals surface area (Å²) in [7, 11) is 0. The second kappa shape index (κ2) is 3.48. The van der Waals surface area contributed by atoms with Crippen molar-refractivity contribution < 1.29 is 19.4 Å². The largest absolute Gasteiger partial charge is 0.465 e. The topological polar surface area (TPSA) is 67.8 Å². The molecule has 1 rings (SSSR count). The lowest BCUT2D eigenvalue weighted by molar-refractivity contribution is -0.262. The first kappa shape index (κ1) is 10.8. The summed E-state index contributed by atoms with van der Waals surface area (Å²) in [5.74, 6) is 1.64. The van der Waals surface area contributed by atoms with Gasteiger partial charge in [-0.25, -0.2) is 4.79 Å². The van der Waals surface area contributed by atoms with Crippen LogP contribution in [-0.2, 0) is 9.47 Å². The van der Waals surface area contributed by atoms with Crippen molar-refractivity contribution in [1.29, 1.82) is 0 Å². The van der Waals surface area contributed by atoms with Crippen LogP contribution in [0.25, 0.3) is 0 Å². The van der Waals surface area contributed by atoms with Crippen LogP contribution in [0.5, 0.6) is 0 Å². The summed E-state index contributed by atoms with van der Waals surface area (Å²) in [4.78, 5) is 10.5. The van der Waals surface area contributed by atoms with E-state index in [4.69, 9.17) is 21.0 Å². The number of ether oxygens (including phenoxy) is 2. The van der Waals surface area contributed by atoms with Gasteiger partial charge in [-0.1, -0.05) is 5.92 Å². The van der Waals surface area contributed by atoms with Gasteiger partial charge in [-0.05, 0) is 13.8 Å². The average Bonchev–Trinajstić information content (AvgIpc) is 2.09. The first-order valence-corrected chi connectivity index (χ1v) is 4.16. The maximum Gasteiger partial charge on any atom is 0.406 e. The Morgan fingerprint density at radius 3 is 2.36 bits per heavy atom. The first-order valence-electron chi connectivity index (χ1n) is 4.16. The van der Waals surface area contributed by atoms with E-state index in [2.05, 4.69) is 11.2 Å². The molecule has 0 aromatic carbocycles. The van der Waals surface area contributed by atoms with Crippen LogP contribution in [0.2, 0.25) is 0 Å². The summed E-state index contributed by atoms with van der Waals surface area (Å²) in [6, 6.07) is 0. The molecule has 0 unspecified atom stereocenters. The summed E-state index contributed by atoms with van der Waals surface area (Å²) in [5, 5.41) is 10.8. The summed E-state index contributed by atoms with van der Waals surface area (Å²) < 4.78 is 10.6. The molecule has 1 amide bonds. The quantitative estimate of drug-likeness (QED) is 0.600. The maximum absolute atomic E-state index is 10.5. The SMILES string of the molecule is C#CC1(NC(=O)O)COC(C)(C)OC1. The highest BCUT2D eigenvalue weighted by molar-refractivity contribution is 5.66. The van der Waals surface area contributed by atoms with Crippen molar-refractivity contribution in [3.63, 3.8) is 0 Å². The molecule has 1 aliphatic heterocycles. The van der Waals surface area contributed by atoms with Crippen molar-refractivity contribution in [2.45, 2.75) is 25.2 Å². The fraction of sp³-hybridized carbons (Fsp3) is 0.667. The highest BCUT2D eigenvalue weighted by Gasteiger charge is 2.40. The number of terminal acetylenes is 1. The molecule has 0 aromatic heterocycles. The van der Waals surface area contributed by atoms with Crippen molar-refractivity contribution in [3.05, 3.63) is 0 Å². The summed E-state index contributed by atoms with van der Waals surface area (Å²) in [5.41, 5.74) is -1.07. The van der Waals surface area contributed by atoms with Gasteiger partial charge in [0.15, 0.2) is 11.3 Å². The molecule has 0 aromatic rings. The number of amides is 1. The third kappa shape index (κ3) is 2.37. The number of hydrogen-bond donors (Lipinski definition) is 2. The molecule has 78 valence electrons. The minimum Gasteiger partial charge on any atom is -0.465 e. The molecule has 2 N–H and O–H groups in total. The van der Waals surface area contributed by atoms with Gasteiger partial charge < -0.3 is 19.9 Å². The lowest BCUT2D eigenvalue weighted by atomic mass is 10.0. The van der Waals surface area contributed by atoms with Crippen molar-refractivity contribution in [1.82, 2.24) is 5.32 Å². The molecule has 5 nitrogen and oxygen atoms in total. The Labute approximate surface area is 82.4 Å². The zero-order chi connectivity index (χ0) is 10.8. The van der Waals surface area contributed by atoms with Crippen LogP contribution >= 0.6 is 0 Å². The average molecular weight is 199 g/mol. The first-order chi connectivity index (χ1) is 6.39. The van der Waals surface area contributed by atoms with Gasteiger partial charge in [0.25, 0.3) is 0 Å². The Kier molecular flexibility index (Phi) is 2.69. The Hall–Kier alpha value is -1.25. The third-order valence-electron chi connectivity index (χ3n) is 1.95. The third-order valence-corrected chi connectivity index (χ3v) is 1.95. The van der Waals surface area contributed by atoms with Crippen molar-refractivity contribution in [3.8, 4) is 12.3 Å². The molecule has 0 spiro atoms. The predicted molar refractivity (Wildman–Crippen MR) is 48.7 cm³/mol. The van der Waals surface area contributed by atoms with E-state index in [1.165, 1.54) is 0 Å². The van der Waals surface area contributed by atoms with Gasteiger partial charge in [-0.2, -0.15) is 0 Å². The number of carbonyl (C=O) groups is 1. The molecule has 1 fully saturated rings. The Morgan fingerprint density at radius 2 is 2.00 bits per heavy atom. The Morgan fingerprint density at radius 1 is 1.50 bits per heavy atom. The fourth-order valence-corrected chi connectivity index (χ4v) is 1.07. The highest BCUT2D eigenvalue weighted by atomic mass is 16.7. The van der Waals surface area contributed by atoms with E-state index in [0.717, 1.165) is 0 Å². The van der Waals surface area contributed by atoms with E-state index in [9.17, 15) is 4.79 Å². The van der Waals surface area contributed by atoms with E-state index >= 15 is 0 Å². The lowest BCUT2D eigenvalue weighted by Crippen LogP contribution is -2.60. The van der Waals surface area contributed by atoms with Crippen LogP contribution in [0.1, 0.15) is 13.8 Å². The van der Waals surface area contributed by atoms with Gasteiger partial charge in [0.05, 0.1) is 13.2 Å². The van der Waals surface area contributed by atoms with Gasteiger partial charge in [0.1, 0.15) is 0 Å². The molecule has 14 heavy (non-hydrogen) atoms. The van der Waals surface area contributed by atoms with Gasteiger partial charge >= 0.3 is 6.09 Å². The van der Waals surface area contributed by atoms with Crippen molar-refractivity contribution in [2.24, 2.45) is 0 Å². The van der Waals surface area contributed by atoms with Gasteiger partial charge in [0, 0.05) is 0 Å². The molecule has 0 radical (unpaired) electrons. The molecule has 0 saturated carbocycles. The second-order valence-electron chi connectivity index (χ2n) is 3.63. The van der Waals surface area contributed by atoms with E-state index in [0.29, 0.717) is 0 Å². The minimum absolute atomic E-state index is 0.114. The number of nitrogens with one attached hydrogen (secondary N) is 1.